The molecule has 1 heterocycles. The van der Waals surface area contributed by atoms with Crippen LogP contribution in [0.4, 0.5) is 18.9 Å². The molecule has 4 N–H and O–H groups in total. The van der Waals surface area contributed by atoms with Crippen molar-refractivity contribution in [2.75, 3.05) is 18.9 Å². The second-order valence-electron chi connectivity index (χ2n) is 6.10. The Morgan fingerprint density at radius 2 is 1.96 bits per heavy atom. The van der Waals surface area contributed by atoms with Crippen LogP contribution in [0.15, 0.2) is 48.7 Å². The molecule has 2 aromatic carbocycles. The third-order valence-corrected chi connectivity index (χ3v) is 3.99. The van der Waals surface area contributed by atoms with Crippen molar-refractivity contribution < 1.29 is 17.9 Å². The first-order valence-corrected chi connectivity index (χ1v) is 8.25. The number of nitrogens with two attached hydrogens (primary N) is 1. The van der Waals surface area contributed by atoms with Crippen molar-refractivity contribution in [3.05, 3.63) is 59.8 Å². The average Bonchev–Trinajstić information content (AvgIpc) is 2.99. The smallest absolute Gasteiger partial charge is 0.422 e. The SMILES string of the molecule is Nc1ccc2c(CCNCc3cccc(OCC(F)(F)F)c3)c[nH]c2c1. The number of rotatable bonds is 7. The molecule has 0 aliphatic rings. The van der Waals surface area contributed by atoms with Crippen LogP contribution < -0.4 is 15.8 Å². The molecule has 26 heavy (non-hydrogen) atoms. The number of aromatic amines is 1. The third kappa shape index (κ3) is 4.92. The third-order valence-electron chi connectivity index (χ3n) is 3.99. The van der Waals surface area contributed by atoms with Crippen LogP contribution in [0.5, 0.6) is 5.75 Å². The van der Waals surface area contributed by atoms with E-state index in [4.69, 9.17) is 10.5 Å². The highest BCUT2D eigenvalue weighted by Gasteiger charge is 2.28. The number of aromatic nitrogens is 1. The first kappa shape index (κ1) is 18.1. The van der Waals surface area contributed by atoms with E-state index in [-0.39, 0.29) is 5.75 Å². The van der Waals surface area contributed by atoms with Crippen molar-refractivity contribution in [3.8, 4) is 5.75 Å². The van der Waals surface area contributed by atoms with Gasteiger partial charge in [-0.1, -0.05) is 18.2 Å². The lowest BCUT2D eigenvalue weighted by Gasteiger charge is -2.10. The molecule has 3 rings (SSSR count). The summed E-state index contributed by atoms with van der Waals surface area (Å²) < 4.78 is 41.4. The number of halogens is 3. The average molecular weight is 363 g/mol. The molecule has 0 unspecified atom stereocenters. The van der Waals surface area contributed by atoms with Gasteiger partial charge in [-0.15, -0.1) is 0 Å². The number of nitrogen functional groups attached to an aromatic ring is 1. The molecule has 7 heteroatoms. The zero-order valence-electron chi connectivity index (χ0n) is 14.1. The van der Waals surface area contributed by atoms with Crippen molar-refractivity contribution in [1.82, 2.24) is 10.3 Å². The maximum Gasteiger partial charge on any atom is 0.422 e. The van der Waals surface area contributed by atoms with E-state index in [2.05, 4.69) is 10.3 Å². The topological polar surface area (TPSA) is 63.1 Å². The van der Waals surface area contributed by atoms with Gasteiger partial charge < -0.3 is 20.8 Å². The molecule has 138 valence electrons. The van der Waals surface area contributed by atoms with Crippen LogP contribution in [0.1, 0.15) is 11.1 Å². The standard InChI is InChI=1S/C19H20F3N3O/c20-19(21,22)12-26-16-3-1-2-13(8-16)10-24-7-6-14-11-25-18-9-15(23)4-5-17(14)18/h1-5,8-9,11,24-25H,6-7,10,12,23H2. The zero-order chi connectivity index (χ0) is 18.6. The lowest BCUT2D eigenvalue weighted by Crippen LogP contribution is -2.19. The van der Waals surface area contributed by atoms with Crippen LogP contribution in [0.3, 0.4) is 0 Å². The van der Waals surface area contributed by atoms with E-state index in [1.807, 2.05) is 30.5 Å². The molecular formula is C19H20F3N3O. The fourth-order valence-electron chi connectivity index (χ4n) is 2.78. The summed E-state index contributed by atoms with van der Waals surface area (Å²) in [4.78, 5) is 3.21. The maximum absolute atomic E-state index is 12.2. The Morgan fingerprint density at radius 1 is 1.12 bits per heavy atom. The van der Waals surface area contributed by atoms with E-state index in [1.54, 1.807) is 12.1 Å². The van der Waals surface area contributed by atoms with Gasteiger partial charge >= 0.3 is 6.18 Å². The summed E-state index contributed by atoms with van der Waals surface area (Å²) in [7, 11) is 0. The Hall–Kier alpha value is -2.67. The summed E-state index contributed by atoms with van der Waals surface area (Å²) >= 11 is 0. The Kier molecular flexibility index (Phi) is 5.37. The highest BCUT2D eigenvalue weighted by molar-refractivity contribution is 5.85. The van der Waals surface area contributed by atoms with E-state index in [0.717, 1.165) is 35.1 Å². The quantitative estimate of drug-likeness (QED) is 0.439. The monoisotopic (exact) mass is 363 g/mol. The number of anilines is 1. The maximum atomic E-state index is 12.2. The predicted molar refractivity (Wildman–Crippen MR) is 96.1 cm³/mol. The van der Waals surface area contributed by atoms with E-state index < -0.39 is 12.8 Å². The highest BCUT2D eigenvalue weighted by Crippen LogP contribution is 2.21. The molecular weight excluding hydrogens is 343 g/mol. The Balaban J connectivity index is 1.50. The molecule has 0 amide bonds. The molecule has 0 aliphatic heterocycles. The van der Waals surface area contributed by atoms with Crippen LogP contribution in [-0.4, -0.2) is 24.3 Å². The van der Waals surface area contributed by atoms with Crippen molar-refractivity contribution in [2.45, 2.75) is 19.1 Å². The van der Waals surface area contributed by atoms with Crippen molar-refractivity contribution >= 4 is 16.6 Å². The number of hydrogen-bond acceptors (Lipinski definition) is 3. The second kappa shape index (κ2) is 7.70. The normalized spacial score (nSPS) is 11.8. The number of fused-ring (bicyclic) bond motifs is 1. The van der Waals surface area contributed by atoms with Gasteiger partial charge in [0.25, 0.3) is 0 Å². The van der Waals surface area contributed by atoms with E-state index in [0.29, 0.717) is 6.54 Å². The van der Waals surface area contributed by atoms with E-state index in [9.17, 15) is 13.2 Å². The van der Waals surface area contributed by atoms with Crippen molar-refractivity contribution in [2.24, 2.45) is 0 Å². The molecule has 0 saturated heterocycles. The molecule has 0 atom stereocenters. The minimum atomic E-state index is -4.34. The first-order valence-electron chi connectivity index (χ1n) is 8.25. The Bertz CT molecular complexity index is 874. The zero-order valence-corrected chi connectivity index (χ0v) is 14.1. The van der Waals surface area contributed by atoms with Gasteiger partial charge in [-0.05, 0) is 48.4 Å². The molecule has 0 radical (unpaired) electrons. The van der Waals surface area contributed by atoms with Crippen LogP contribution >= 0.6 is 0 Å². The number of nitrogens with one attached hydrogen (secondary N) is 2. The molecule has 0 saturated carbocycles. The van der Waals surface area contributed by atoms with Crippen LogP contribution in [0.25, 0.3) is 10.9 Å². The van der Waals surface area contributed by atoms with Gasteiger partial charge in [0.2, 0.25) is 0 Å². The molecule has 0 spiro atoms. The summed E-state index contributed by atoms with van der Waals surface area (Å²) in [6, 6.07) is 12.4. The number of H-pyrrole nitrogens is 1. The van der Waals surface area contributed by atoms with Gasteiger partial charge in [0.1, 0.15) is 5.75 Å². The molecule has 0 aliphatic carbocycles. The molecule has 0 bridgehead atoms. The molecule has 4 nitrogen and oxygen atoms in total. The number of benzene rings is 2. The van der Waals surface area contributed by atoms with Crippen molar-refractivity contribution in [1.29, 1.82) is 0 Å². The van der Waals surface area contributed by atoms with Crippen molar-refractivity contribution in [3.63, 3.8) is 0 Å². The summed E-state index contributed by atoms with van der Waals surface area (Å²) in [6.07, 6.45) is -1.54. The summed E-state index contributed by atoms with van der Waals surface area (Å²) in [5.41, 5.74) is 9.56. The van der Waals surface area contributed by atoms with Gasteiger partial charge in [0, 0.05) is 29.3 Å². The Morgan fingerprint density at radius 3 is 2.77 bits per heavy atom. The molecule has 3 aromatic rings. The molecule has 0 fully saturated rings. The summed E-state index contributed by atoms with van der Waals surface area (Å²) in [5.74, 6) is 0.218. The fourth-order valence-corrected chi connectivity index (χ4v) is 2.78. The largest absolute Gasteiger partial charge is 0.484 e. The van der Waals surface area contributed by atoms with Gasteiger partial charge in [0.05, 0.1) is 0 Å². The van der Waals surface area contributed by atoms with Gasteiger partial charge in [-0.2, -0.15) is 13.2 Å². The van der Waals surface area contributed by atoms with E-state index >= 15 is 0 Å². The fraction of sp³-hybridized carbons (Fsp3) is 0.263. The second-order valence-corrected chi connectivity index (χ2v) is 6.10. The Labute approximate surface area is 149 Å². The first-order chi connectivity index (χ1) is 12.4. The summed E-state index contributed by atoms with van der Waals surface area (Å²) in [6.45, 7) is 0.0123. The van der Waals surface area contributed by atoms with E-state index in [1.165, 1.54) is 11.6 Å². The molecule has 1 aromatic heterocycles. The highest BCUT2D eigenvalue weighted by atomic mass is 19.4. The van der Waals surface area contributed by atoms with Crippen LogP contribution in [0.2, 0.25) is 0 Å². The van der Waals surface area contributed by atoms with Crippen LogP contribution in [-0.2, 0) is 13.0 Å². The minimum absolute atomic E-state index is 0.218. The lowest BCUT2D eigenvalue weighted by atomic mass is 10.1. The number of alkyl halides is 3. The predicted octanol–water partition coefficient (Wildman–Crippen LogP) is 4.02. The lowest BCUT2D eigenvalue weighted by molar-refractivity contribution is -0.153. The number of ether oxygens (including phenoxy) is 1. The summed E-state index contributed by atoms with van der Waals surface area (Å²) in [5, 5.41) is 4.44. The van der Waals surface area contributed by atoms with Gasteiger partial charge in [-0.25, -0.2) is 0 Å². The van der Waals surface area contributed by atoms with Gasteiger partial charge in [-0.3, -0.25) is 0 Å². The minimum Gasteiger partial charge on any atom is -0.484 e. The van der Waals surface area contributed by atoms with Gasteiger partial charge in [0.15, 0.2) is 6.61 Å². The van der Waals surface area contributed by atoms with Crippen LogP contribution in [0, 0.1) is 0 Å². The number of hydrogen-bond donors (Lipinski definition) is 3.